The molecule has 174 valence electrons. The fourth-order valence-corrected chi connectivity index (χ4v) is 4.97. The smallest absolute Gasteiger partial charge is 0.329 e. The minimum Gasteiger partial charge on any atom is -0.480 e. The highest BCUT2D eigenvalue weighted by Gasteiger charge is 2.31. The fourth-order valence-electron chi connectivity index (χ4n) is 3.57. The molecule has 33 heavy (non-hydrogen) atoms. The standard InChI is InChI=1S/C23H26N4O5S/c1-2-3-14-33(31,32)25-21(22(28)29)15-17-4-8-19(9-5-17)26-12-13-27(23(26)30)20-10-6-18(16-24)7-11-20/h4-11,21,25H,2-3,12-15H2,1H3,(H,28,29). The highest BCUT2D eigenvalue weighted by Crippen LogP contribution is 2.26. The normalized spacial score (nSPS) is 14.8. The number of unbranched alkanes of at least 4 members (excludes halogenated alkanes) is 1. The monoisotopic (exact) mass is 470 g/mol. The third-order valence-electron chi connectivity index (χ3n) is 5.39. The number of carboxylic acids is 1. The number of urea groups is 1. The van der Waals surface area contributed by atoms with Gasteiger partial charge in [0.25, 0.3) is 0 Å². The first-order valence-corrected chi connectivity index (χ1v) is 12.3. The van der Waals surface area contributed by atoms with Crippen molar-refractivity contribution in [2.45, 2.75) is 32.2 Å². The van der Waals surface area contributed by atoms with Crippen LogP contribution in [0.1, 0.15) is 30.9 Å². The van der Waals surface area contributed by atoms with Crippen LogP contribution in [-0.2, 0) is 21.2 Å². The largest absolute Gasteiger partial charge is 0.480 e. The molecule has 1 unspecified atom stereocenters. The van der Waals surface area contributed by atoms with E-state index < -0.39 is 22.0 Å². The van der Waals surface area contributed by atoms with E-state index in [0.717, 1.165) is 0 Å². The van der Waals surface area contributed by atoms with Crippen molar-refractivity contribution in [3.8, 4) is 6.07 Å². The minimum atomic E-state index is -3.68. The number of rotatable bonds is 10. The number of carboxylic acid groups (broad SMARTS) is 1. The number of hydrogen-bond donors (Lipinski definition) is 2. The van der Waals surface area contributed by atoms with E-state index in [0.29, 0.717) is 48.4 Å². The molecule has 0 spiro atoms. The summed E-state index contributed by atoms with van der Waals surface area (Å²) in [6.45, 7) is 2.83. The Morgan fingerprint density at radius 3 is 2.12 bits per heavy atom. The molecule has 1 fully saturated rings. The van der Waals surface area contributed by atoms with Crippen LogP contribution < -0.4 is 14.5 Å². The van der Waals surface area contributed by atoms with Gasteiger partial charge in [0.05, 0.1) is 17.4 Å². The van der Waals surface area contributed by atoms with E-state index >= 15 is 0 Å². The van der Waals surface area contributed by atoms with Crippen molar-refractivity contribution in [3.63, 3.8) is 0 Å². The number of anilines is 2. The number of hydrogen-bond acceptors (Lipinski definition) is 5. The topological polar surface area (TPSA) is 131 Å². The first kappa shape index (κ1) is 24.2. The summed E-state index contributed by atoms with van der Waals surface area (Å²) in [5.41, 5.74) is 2.53. The van der Waals surface area contributed by atoms with Crippen LogP contribution in [0.5, 0.6) is 0 Å². The van der Waals surface area contributed by atoms with E-state index in [1.165, 1.54) is 0 Å². The molecule has 0 aliphatic carbocycles. The SMILES string of the molecule is CCCCS(=O)(=O)NC(Cc1ccc(N2CCN(c3ccc(C#N)cc3)C2=O)cc1)C(=O)O. The Morgan fingerprint density at radius 1 is 1.09 bits per heavy atom. The second kappa shape index (κ2) is 10.5. The second-order valence-electron chi connectivity index (χ2n) is 7.80. The predicted molar refractivity (Wildman–Crippen MR) is 125 cm³/mol. The van der Waals surface area contributed by atoms with Gasteiger partial charge in [-0.3, -0.25) is 14.6 Å². The van der Waals surface area contributed by atoms with Gasteiger partial charge in [-0.1, -0.05) is 25.5 Å². The first-order chi connectivity index (χ1) is 15.7. The minimum absolute atomic E-state index is 0.00766. The first-order valence-electron chi connectivity index (χ1n) is 10.6. The molecule has 2 aromatic carbocycles. The van der Waals surface area contributed by atoms with E-state index in [1.54, 1.807) is 58.3 Å². The summed E-state index contributed by atoms with van der Waals surface area (Å²) in [5, 5.41) is 18.4. The fraction of sp³-hybridized carbons (Fsp3) is 0.348. The van der Waals surface area contributed by atoms with Crippen LogP contribution in [0.3, 0.4) is 0 Å². The van der Waals surface area contributed by atoms with Crippen molar-refractivity contribution in [1.82, 2.24) is 4.72 Å². The number of nitrogens with one attached hydrogen (secondary N) is 1. The molecule has 0 bridgehead atoms. The Morgan fingerprint density at radius 2 is 1.64 bits per heavy atom. The summed E-state index contributed by atoms with van der Waals surface area (Å²) in [6, 6.07) is 14.2. The predicted octanol–water partition coefficient (Wildman–Crippen LogP) is 2.72. The average molecular weight is 471 g/mol. The summed E-state index contributed by atoms with van der Waals surface area (Å²) < 4.78 is 26.5. The number of sulfonamides is 1. The number of nitriles is 1. The third kappa shape index (κ3) is 6.09. The zero-order chi connectivity index (χ0) is 24.0. The van der Waals surface area contributed by atoms with Gasteiger partial charge < -0.3 is 5.11 Å². The lowest BCUT2D eigenvalue weighted by molar-refractivity contribution is -0.138. The third-order valence-corrected chi connectivity index (χ3v) is 6.86. The summed E-state index contributed by atoms with van der Waals surface area (Å²) >= 11 is 0. The molecule has 1 saturated heterocycles. The van der Waals surface area contributed by atoms with Gasteiger partial charge in [-0.05, 0) is 54.8 Å². The maximum Gasteiger partial charge on any atom is 0.329 e. The highest BCUT2D eigenvalue weighted by molar-refractivity contribution is 7.89. The maximum atomic E-state index is 12.9. The summed E-state index contributed by atoms with van der Waals surface area (Å²) in [5.74, 6) is -1.36. The van der Waals surface area contributed by atoms with Gasteiger partial charge in [0.1, 0.15) is 6.04 Å². The average Bonchev–Trinajstić information content (AvgIpc) is 3.19. The Balaban J connectivity index is 1.67. The molecule has 1 heterocycles. The number of aliphatic carboxylic acids is 1. The Kier molecular flexibility index (Phi) is 7.68. The zero-order valence-corrected chi connectivity index (χ0v) is 19.1. The van der Waals surface area contributed by atoms with E-state index in [9.17, 15) is 23.1 Å². The summed E-state index contributed by atoms with van der Waals surface area (Å²) in [7, 11) is -3.68. The van der Waals surface area contributed by atoms with Crippen LogP contribution in [-0.4, -0.2) is 50.4 Å². The second-order valence-corrected chi connectivity index (χ2v) is 9.67. The lowest BCUT2D eigenvalue weighted by Gasteiger charge is -2.19. The van der Waals surface area contributed by atoms with Crippen LogP contribution in [0.15, 0.2) is 48.5 Å². The van der Waals surface area contributed by atoms with Crippen molar-refractivity contribution >= 4 is 33.4 Å². The molecule has 3 rings (SSSR count). The van der Waals surface area contributed by atoms with E-state index in [2.05, 4.69) is 4.72 Å². The molecule has 0 radical (unpaired) electrons. The number of carbonyl (C=O) groups excluding carboxylic acids is 1. The van der Waals surface area contributed by atoms with Crippen LogP contribution >= 0.6 is 0 Å². The van der Waals surface area contributed by atoms with E-state index in [1.807, 2.05) is 13.0 Å². The molecule has 2 aromatic rings. The molecule has 0 saturated carbocycles. The van der Waals surface area contributed by atoms with Gasteiger partial charge >= 0.3 is 12.0 Å². The lowest BCUT2D eigenvalue weighted by atomic mass is 10.1. The van der Waals surface area contributed by atoms with Crippen molar-refractivity contribution in [2.75, 3.05) is 28.6 Å². The van der Waals surface area contributed by atoms with Gasteiger partial charge in [-0.15, -0.1) is 0 Å². The highest BCUT2D eigenvalue weighted by atomic mass is 32.2. The van der Waals surface area contributed by atoms with E-state index in [4.69, 9.17) is 5.26 Å². The van der Waals surface area contributed by atoms with Gasteiger partial charge in [0.15, 0.2) is 0 Å². The zero-order valence-electron chi connectivity index (χ0n) is 18.3. The molecule has 9 nitrogen and oxygen atoms in total. The van der Waals surface area contributed by atoms with Gasteiger partial charge in [0.2, 0.25) is 10.0 Å². The Hall–Kier alpha value is -3.42. The molecule has 1 aliphatic heterocycles. The van der Waals surface area contributed by atoms with Gasteiger partial charge in [-0.2, -0.15) is 5.26 Å². The molecule has 2 N–H and O–H groups in total. The van der Waals surface area contributed by atoms with Gasteiger partial charge in [-0.25, -0.2) is 17.9 Å². The van der Waals surface area contributed by atoms with Crippen LogP contribution in [0.25, 0.3) is 0 Å². The maximum absolute atomic E-state index is 12.9. The van der Waals surface area contributed by atoms with Crippen molar-refractivity contribution in [2.24, 2.45) is 0 Å². The van der Waals surface area contributed by atoms with Crippen molar-refractivity contribution in [1.29, 1.82) is 5.26 Å². The molecule has 1 aliphatic rings. The molecular formula is C23H26N4O5S. The van der Waals surface area contributed by atoms with Crippen LogP contribution in [0.2, 0.25) is 0 Å². The number of amides is 2. The summed E-state index contributed by atoms with van der Waals surface area (Å²) in [4.78, 5) is 27.7. The number of benzene rings is 2. The van der Waals surface area contributed by atoms with E-state index in [-0.39, 0.29) is 18.2 Å². The molecule has 0 aromatic heterocycles. The Labute approximate surface area is 193 Å². The Bertz CT molecular complexity index is 1140. The van der Waals surface area contributed by atoms with Crippen molar-refractivity contribution < 1.29 is 23.1 Å². The van der Waals surface area contributed by atoms with Crippen LogP contribution in [0.4, 0.5) is 16.2 Å². The quantitative estimate of drug-likeness (QED) is 0.549. The number of nitrogens with zero attached hydrogens (tertiary/aromatic N) is 3. The molecular weight excluding hydrogens is 444 g/mol. The molecule has 2 amide bonds. The van der Waals surface area contributed by atoms with Crippen molar-refractivity contribution in [3.05, 3.63) is 59.7 Å². The molecule has 10 heteroatoms. The van der Waals surface area contributed by atoms with Gasteiger partial charge in [0, 0.05) is 24.5 Å². The summed E-state index contributed by atoms with van der Waals surface area (Å²) in [6.07, 6.45) is 1.14. The lowest BCUT2D eigenvalue weighted by Crippen LogP contribution is -2.43. The number of carbonyl (C=O) groups is 2. The molecule has 1 atom stereocenters. The van der Waals surface area contributed by atoms with Crippen LogP contribution in [0, 0.1) is 11.3 Å².